The van der Waals surface area contributed by atoms with Crippen LogP contribution in [0, 0.1) is 5.92 Å². The highest BCUT2D eigenvalue weighted by atomic mass is 32.1. The Labute approximate surface area is 241 Å². The van der Waals surface area contributed by atoms with Gasteiger partial charge in [0.05, 0.1) is 22.3 Å². The quantitative estimate of drug-likeness (QED) is 0.381. The van der Waals surface area contributed by atoms with Crippen LogP contribution in [0.3, 0.4) is 0 Å². The molecule has 1 aliphatic carbocycles. The second-order valence-corrected chi connectivity index (χ2v) is 12.9. The molecule has 2 aliphatic heterocycles. The lowest BCUT2D eigenvalue weighted by atomic mass is 9.80. The third kappa shape index (κ3) is 6.15. The molecule has 3 aliphatic rings. The summed E-state index contributed by atoms with van der Waals surface area (Å²) in [5.74, 6) is 0.0593. The zero-order valence-corrected chi connectivity index (χ0v) is 24.0. The number of benzene rings is 2. The summed E-state index contributed by atoms with van der Waals surface area (Å²) in [4.78, 5) is 37.2. The predicted molar refractivity (Wildman–Crippen MR) is 161 cm³/mol. The maximum Gasteiger partial charge on any atom is 0.237 e. The number of Topliss-reactive ketones (excluding diaryl/α,β-unsaturated/α-hetero) is 1. The van der Waals surface area contributed by atoms with Crippen LogP contribution in [0.1, 0.15) is 60.3 Å². The second-order valence-electron chi connectivity index (χ2n) is 11.9. The predicted octanol–water partition coefficient (Wildman–Crippen LogP) is 4.26. The molecule has 6 rings (SSSR count). The van der Waals surface area contributed by atoms with Crippen molar-refractivity contribution in [3.8, 4) is 0 Å². The van der Waals surface area contributed by atoms with Crippen molar-refractivity contribution in [3.63, 3.8) is 0 Å². The van der Waals surface area contributed by atoms with Crippen LogP contribution in [-0.2, 0) is 11.2 Å². The average molecular weight is 560 g/mol. The van der Waals surface area contributed by atoms with Crippen LogP contribution in [0.5, 0.6) is 0 Å². The van der Waals surface area contributed by atoms with E-state index in [9.17, 15) is 9.59 Å². The number of nitrogens with zero attached hydrogens (tertiary/aromatic N) is 3. The van der Waals surface area contributed by atoms with Crippen molar-refractivity contribution in [1.82, 2.24) is 20.1 Å². The van der Waals surface area contributed by atoms with Crippen LogP contribution < -0.4 is 11.1 Å². The van der Waals surface area contributed by atoms with Crippen LogP contribution >= 0.6 is 11.3 Å². The third-order valence-electron chi connectivity index (χ3n) is 9.24. The maximum atomic E-state index is 13.9. The Balaban J connectivity index is 1.09. The molecule has 8 heteroatoms. The first-order chi connectivity index (χ1) is 19.5. The lowest BCUT2D eigenvalue weighted by molar-refractivity contribution is -0.127. The molecule has 0 radical (unpaired) electrons. The van der Waals surface area contributed by atoms with E-state index in [-0.39, 0.29) is 29.7 Å². The fraction of sp³-hybridized carbons (Fsp3) is 0.531. The fourth-order valence-corrected chi connectivity index (χ4v) is 7.93. The van der Waals surface area contributed by atoms with E-state index < -0.39 is 6.04 Å². The number of piperazine rings is 1. The number of ketones is 1. The van der Waals surface area contributed by atoms with Crippen molar-refractivity contribution in [2.75, 3.05) is 26.2 Å². The summed E-state index contributed by atoms with van der Waals surface area (Å²) in [6.45, 7) is 4.01. The van der Waals surface area contributed by atoms with Crippen LogP contribution in [0.2, 0.25) is 0 Å². The van der Waals surface area contributed by atoms with Crippen LogP contribution in [0.25, 0.3) is 10.2 Å². The van der Waals surface area contributed by atoms with Gasteiger partial charge < -0.3 is 16.0 Å². The van der Waals surface area contributed by atoms with E-state index >= 15 is 0 Å². The SMILES string of the molecule is NC1CCC(C(NC(=O)C2CCC3CN(CCCc4ccccc4)CCN32)C(=O)c2nc3ccccc3s2)CC1. The summed E-state index contributed by atoms with van der Waals surface area (Å²) in [7, 11) is 0. The number of carbonyl (C=O) groups is 2. The molecule has 2 saturated heterocycles. The van der Waals surface area contributed by atoms with Gasteiger partial charge in [0.25, 0.3) is 0 Å². The van der Waals surface area contributed by atoms with Gasteiger partial charge in [-0.25, -0.2) is 4.98 Å². The maximum absolute atomic E-state index is 13.9. The van der Waals surface area contributed by atoms with Gasteiger partial charge in [-0.1, -0.05) is 42.5 Å². The summed E-state index contributed by atoms with van der Waals surface area (Å²) in [6, 6.07) is 18.4. The van der Waals surface area contributed by atoms with Crippen molar-refractivity contribution in [2.24, 2.45) is 11.7 Å². The molecule has 3 unspecified atom stereocenters. The Kier molecular flexibility index (Phi) is 8.58. The van der Waals surface area contributed by atoms with E-state index in [4.69, 9.17) is 5.73 Å². The molecule has 0 bridgehead atoms. The van der Waals surface area contributed by atoms with E-state index in [1.807, 2.05) is 24.3 Å². The van der Waals surface area contributed by atoms with Gasteiger partial charge in [-0.05, 0) is 81.5 Å². The van der Waals surface area contributed by atoms with Crippen LogP contribution in [-0.4, -0.2) is 76.8 Å². The zero-order chi connectivity index (χ0) is 27.5. The number of nitrogens with two attached hydrogens (primary N) is 1. The highest BCUT2D eigenvalue weighted by Crippen LogP contribution is 2.32. The summed E-state index contributed by atoms with van der Waals surface area (Å²) in [5.41, 5.74) is 8.42. The number of hydrogen-bond donors (Lipinski definition) is 2. The van der Waals surface area contributed by atoms with Gasteiger partial charge in [0, 0.05) is 31.7 Å². The first-order valence-electron chi connectivity index (χ1n) is 15.0. The van der Waals surface area contributed by atoms with E-state index in [0.717, 1.165) is 87.8 Å². The van der Waals surface area contributed by atoms with Gasteiger partial charge >= 0.3 is 0 Å². The van der Waals surface area contributed by atoms with Crippen molar-refractivity contribution < 1.29 is 9.59 Å². The molecule has 2 aromatic carbocycles. The molecule has 40 heavy (non-hydrogen) atoms. The zero-order valence-electron chi connectivity index (χ0n) is 23.2. The summed E-state index contributed by atoms with van der Waals surface area (Å²) in [5, 5.41) is 3.76. The minimum Gasteiger partial charge on any atom is -0.344 e. The van der Waals surface area contributed by atoms with Crippen LogP contribution in [0.15, 0.2) is 54.6 Å². The minimum absolute atomic E-state index is 0.00867. The molecule has 212 valence electrons. The first-order valence-corrected chi connectivity index (χ1v) is 15.8. The molecule has 3 fully saturated rings. The Hall–Kier alpha value is -2.65. The number of aromatic nitrogens is 1. The lowest BCUT2D eigenvalue weighted by Crippen LogP contribution is -2.58. The van der Waals surface area contributed by atoms with Gasteiger partial charge in [0.2, 0.25) is 11.7 Å². The molecule has 0 spiro atoms. The molecule has 3 atom stereocenters. The van der Waals surface area contributed by atoms with Crippen molar-refractivity contribution in [3.05, 3.63) is 65.2 Å². The number of fused-ring (bicyclic) bond motifs is 2. The van der Waals surface area contributed by atoms with E-state index in [2.05, 4.69) is 50.4 Å². The minimum atomic E-state index is -0.543. The topological polar surface area (TPSA) is 91.6 Å². The van der Waals surface area contributed by atoms with Gasteiger partial charge in [0.15, 0.2) is 5.01 Å². The molecule has 1 aromatic heterocycles. The third-order valence-corrected chi connectivity index (χ3v) is 10.3. The van der Waals surface area contributed by atoms with Crippen molar-refractivity contribution in [2.45, 2.75) is 75.5 Å². The van der Waals surface area contributed by atoms with E-state index in [0.29, 0.717) is 11.0 Å². The number of hydrogen-bond acceptors (Lipinski definition) is 7. The van der Waals surface area contributed by atoms with Gasteiger partial charge in [-0.3, -0.25) is 14.5 Å². The number of amides is 1. The Bertz CT molecular complexity index is 1270. The summed E-state index contributed by atoms with van der Waals surface area (Å²) >= 11 is 1.43. The van der Waals surface area contributed by atoms with E-state index in [1.54, 1.807) is 0 Å². The number of para-hydroxylation sites is 1. The normalized spacial score (nSPS) is 26.4. The van der Waals surface area contributed by atoms with E-state index in [1.165, 1.54) is 16.9 Å². The largest absolute Gasteiger partial charge is 0.344 e. The van der Waals surface area contributed by atoms with Crippen LogP contribution in [0.4, 0.5) is 0 Å². The molecule has 1 amide bonds. The standard InChI is InChI=1S/C32H41N5O2S/c33-24-14-12-23(13-15-24)29(30(38)32-34-26-10-4-5-11-28(26)40-32)35-31(39)27-17-16-25-21-36(19-20-37(25)27)18-6-9-22-7-2-1-3-8-22/h1-5,7-8,10-11,23-25,27,29H,6,9,12-21,33H2,(H,35,39). The molecule has 3 heterocycles. The monoisotopic (exact) mass is 559 g/mol. The second kappa shape index (κ2) is 12.5. The Morgan fingerprint density at radius 2 is 1.75 bits per heavy atom. The first kappa shape index (κ1) is 27.5. The summed E-state index contributed by atoms with van der Waals surface area (Å²) < 4.78 is 1.00. The number of thiazole rings is 1. The summed E-state index contributed by atoms with van der Waals surface area (Å²) in [6.07, 6.45) is 7.64. The molecular formula is C32H41N5O2S. The Morgan fingerprint density at radius 3 is 2.55 bits per heavy atom. The average Bonchev–Trinajstić information content (AvgIpc) is 3.61. The molecule has 7 nitrogen and oxygen atoms in total. The molecule has 1 saturated carbocycles. The highest BCUT2D eigenvalue weighted by molar-refractivity contribution is 7.20. The van der Waals surface area contributed by atoms with Crippen molar-refractivity contribution >= 4 is 33.2 Å². The van der Waals surface area contributed by atoms with Crippen molar-refractivity contribution in [1.29, 1.82) is 0 Å². The number of carbonyl (C=O) groups excluding carboxylic acids is 2. The lowest BCUT2D eigenvalue weighted by Gasteiger charge is -2.40. The fourth-order valence-electron chi connectivity index (χ4n) is 6.99. The van der Waals surface area contributed by atoms with Gasteiger partial charge in [0.1, 0.15) is 0 Å². The number of nitrogens with one attached hydrogen (secondary N) is 1. The van der Waals surface area contributed by atoms with Gasteiger partial charge in [-0.2, -0.15) is 0 Å². The smallest absolute Gasteiger partial charge is 0.237 e. The molecular weight excluding hydrogens is 518 g/mol. The Morgan fingerprint density at radius 1 is 0.975 bits per heavy atom. The number of rotatable bonds is 9. The molecule has 3 N–H and O–H groups in total. The highest BCUT2D eigenvalue weighted by Gasteiger charge is 2.43. The molecule has 3 aromatic rings. The van der Waals surface area contributed by atoms with Gasteiger partial charge in [-0.15, -0.1) is 11.3 Å². The number of aryl methyl sites for hydroxylation is 1.